The first-order chi connectivity index (χ1) is 9.45. The maximum atomic E-state index is 13.1. The molecule has 0 saturated heterocycles. The van der Waals surface area contributed by atoms with E-state index in [-0.39, 0.29) is 11.3 Å². The van der Waals surface area contributed by atoms with E-state index in [2.05, 4.69) is 0 Å². The fraction of sp³-hybridized carbons (Fsp3) is 0.0667. The third kappa shape index (κ3) is 2.11. The number of hydrogen-bond donors (Lipinski definition) is 1. The summed E-state index contributed by atoms with van der Waals surface area (Å²) in [4.78, 5) is 0. The summed E-state index contributed by atoms with van der Waals surface area (Å²) >= 11 is 0. The quantitative estimate of drug-likeness (QED) is 0.692. The van der Waals surface area contributed by atoms with Gasteiger partial charge >= 0.3 is 6.18 Å². The van der Waals surface area contributed by atoms with Crippen LogP contribution < -0.4 is 0 Å². The summed E-state index contributed by atoms with van der Waals surface area (Å²) in [6, 6.07) is 10.2. The molecule has 3 aromatic rings. The summed E-state index contributed by atoms with van der Waals surface area (Å²) in [5.74, 6) is 0.00310. The molecule has 5 heteroatoms. The summed E-state index contributed by atoms with van der Waals surface area (Å²) in [5.41, 5.74) is -0.111. The van der Waals surface area contributed by atoms with Crippen molar-refractivity contribution in [3.05, 3.63) is 54.3 Å². The molecule has 0 aliphatic rings. The van der Waals surface area contributed by atoms with Gasteiger partial charge in [-0.05, 0) is 41.5 Å². The number of furan rings is 1. The highest BCUT2D eigenvalue weighted by atomic mass is 19.4. The van der Waals surface area contributed by atoms with Gasteiger partial charge in [0, 0.05) is 5.39 Å². The topological polar surface area (TPSA) is 33.4 Å². The molecule has 0 aliphatic heterocycles. The first-order valence-electron chi connectivity index (χ1n) is 5.83. The lowest BCUT2D eigenvalue weighted by Gasteiger charge is -2.10. The van der Waals surface area contributed by atoms with Crippen LogP contribution in [0.25, 0.3) is 22.1 Å². The lowest BCUT2D eigenvalue weighted by molar-refractivity contribution is -0.136. The van der Waals surface area contributed by atoms with E-state index in [9.17, 15) is 18.3 Å². The first-order valence-corrected chi connectivity index (χ1v) is 5.83. The molecule has 0 atom stereocenters. The standard InChI is InChI=1S/C15H9F3O2/c16-15(17,18)13-8-11(6-10-4-5-20-14(10)13)9-2-1-3-12(19)7-9/h1-8,19H. The molecule has 102 valence electrons. The van der Waals surface area contributed by atoms with Crippen LogP contribution in [0.15, 0.2) is 53.1 Å². The Balaban J connectivity index is 2.27. The number of phenols is 1. The predicted octanol–water partition coefficient (Wildman–Crippen LogP) is 4.82. The van der Waals surface area contributed by atoms with Crippen molar-refractivity contribution in [1.82, 2.24) is 0 Å². The van der Waals surface area contributed by atoms with Gasteiger partial charge < -0.3 is 9.52 Å². The van der Waals surface area contributed by atoms with Gasteiger partial charge in [-0.3, -0.25) is 0 Å². The maximum Gasteiger partial charge on any atom is 0.420 e. The molecule has 20 heavy (non-hydrogen) atoms. The number of alkyl halides is 3. The van der Waals surface area contributed by atoms with E-state index in [0.717, 1.165) is 6.07 Å². The second-order valence-corrected chi connectivity index (χ2v) is 4.41. The minimum Gasteiger partial charge on any atom is -0.508 e. The normalized spacial score (nSPS) is 11.9. The number of halogens is 3. The molecule has 0 unspecified atom stereocenters. The Labute approximate surface area is 112 Å². The van der Waals surface area contributed by atoms with Gasteiger partial charge in [-0.25, -0.2) is 0 Å². The van der Waals surface area contributed by atoms with Gasteiger partial charge in [-0.15, -0.1) is 0 Å². The molecule has 0 radical (unpaired) electrons. The van der Waals surface area contributed by atoms with Crippen molar-refractivity contribution in [2.75, 3.05) is 0 Å². The van der Waals surface area contributed by atoms with Crippen molar-refractivity contribution in [2.24, 2.45) is 0 Å². The summed E-state index contributed by atoms with van der Waals surface area (Å²) in [7, 11) is 0. The van der Waals surface area contributed by atoms with Gasteiger partial charge in [0.15, 0.2) is 0 Å². The van der Waals surface area contributed by atoms with E-state index < -0.39 is 11.7 Å². The van der Waals surface area contributed by atoms with Gasteiger partial charge in [0.2, 0.25) is 0 Å². The van der Waals surface area contributed by atoms with Crippen LogP contribution in [-0.4, -0.2) is 5.11 Å². The summed E-state index contributed by atoms with van der Waals surface area (Å²) < 4.78 is 44.1. The van der Waals surface area contributed by atoms with Gasteiger partial charge in [0.25, 0.3) is 0 Å². The van der Waals surface area contributed by atoms with Crippen LogP contribution in [0.4, 0.5) is 13.2 Å². The Morgan fingerprint density at radius 1 is 0.950 bits per heavy atom. The van der Waals surface area contributed by atoms with Crippen molar-refractivity contribution in [3.8, 4) is 16.9 Å². The Hall–Kier alpha value is -2.43. The minimum atomic E-state index is -4.50. The summed E-state index contributed by atoms with van der Waals surface area (Å²) in [6.45, 7) is 0. The van der Waals surface area contributed by atoms with Crippen LogP contribution in [0.3, 0.4) is 0 Å². The molecular formula is C15H9F3O2. The monoisotopic (exact) mass is 278 g/mol. The van der Waals surface area contributed by atoms with Crippen LogP contribution in [-0.2, 0) is 6.18 Å². The average molecular weight is 278 g/mol. The Morgan fingerprint density at radius 3 is 2.45 bits per heavy atom. The zero-order valence-electron chi connectivity index (χ0n) is 10.1. The predicted molar refractivity (Wildman–Crippen MR) is 68.3 cm³/mol. The van der Waals surface area contributed by atoms with Gasteiger partial charge in [0.1, 0.15) is 11.3 Å². The number of fused-ring (bicyclic) bond motifs is 1. The van der Waals surface area contributed by atoms with Crippen molar-refractivity contribution in [1.29, 1.82) is 0 Å². The van der Waals surface area contributed by atoms with E-state index in [4.69, 9.17) is 4.42 Å². The lowest BCUT2D eigenvalue weighted by Crippen LogP contribution is -2.05. The van der Waals surface area contributed by atoms with Crippen LogP contribution in [0.5, 0.6) is 5.75 Å². The van der Waals surface area contributed by atoms with Crippen LogP contribution in [0.2, 0.25) is 0 Å². The molecule has 1 heterocycles. The van der Waals surface area contributed by atoms with Crippen molar-refractivity contribution < 1.29 is 22.7 Å². The first kappa shape index (κ1) is 12.6. The highest BCUT2D eigenvalue weighted by molar-refractivity contribution is 5.87. The maximum absolute atomic E-state index is 13.1. The van der Waals surface area contributed by atoms with Crippen LogP contribution in [0.1, 0.15) is 5.56 Å². The zero-order chi connectivity index (χ0) is 14.3. The number of rotatable bonds is 1. The van der Waals surface area contributed by atoms with Gasteiger partial charge in [0.05, 0.1) is 11.8 Å². The molecule has 0 spiro atoms. The lowest BCUT2D eigenvalue weighted by atomic mass is 10.0. The highest BCUT2D eigenvalue weighted by Gasteiger charge is 2.34. The Bertz CT molecular complexity index is 772. The molecule has 0 amide bonds. The third-order valence-electron chi connectivity index (χ3n) is 3.04. The molecule has 2 aromatic carbocycles. The highest BCUT2D eigenvalue weighted by Crippen LogP contribution is 2.38. The van der Waals surface area contributed by atoms with Gasteiger partial charge in [-0.1, -0.05) is 12.1 Å². The smallest absolute Gasteiger partial charge is 0.420 e. The zero-order valence-corrected chi connectivity index (χ0v) is 10.1. The third-order valence-corrected chi connectivity index (χ3v) is 3.04. The van der Waals surface area contributed by atoms with E-state index in [1.807, 2.05) is 0 Å². The SMILES string of the molecule is Oc1cccc(-c2cc(C(F)(F)F)c3occc3c2)c1. The molecular weight excluding hydrogens is 269 g/mol. The summed E-state index contributed by atoms with van der Waals surface area (Å²) in [6.07, 6.45) is -3.27. The molecule has 0 aliphatic carbocycles. The fourth-order valence-electron chi connectivity index (χ4n) is 2.14. The van der Waals surface area contributed by atoms with Crippen molar-refractivity contribution >= 4 is 11.0 Å². The summed E-state index contributed by atoms with van der Waals surface area (Å²) in [5, 5.41) is 9.81. The van der Waals surface area contributed by atoms with E-state index in [0.29, 0.717) is 16.5 Å². The largest absolute Gasteiger partial charge is 0.508 e. The fourth-order valence-corrected chi connectivity index (χ4v) is 2.14. The number of phenolic OH excluding ortho intramolecular Hbond substituents is 1. The number of benzene rings is 2. The second kappa shape index (κ2) is 4.30. The number of hydrogen-bond acceptors (Lipinski definition) is 2. The minimum absolute atomic E-state index is 0.00310. The molecule has 2 nitrogen and oxygen atoms in total. The molecule has 0 fully saturated rings. The van der Waals surface area contributed by atoms with Crippen molar-refractivity contribution in [2.45, 2.75) is 6.18 Å². The Kier molecular flexibility index (Phi) is 2.71. The van der Waals surface area contributed by atoms with E-state index >= 15 is 0 Å². The second-order valence-electron chi connectivity index (χ2n) is 4.41. The van der Waals surface area contributed by atoms with E-state index in [1.54, 1.807) is 18.2 Å². The molecule has 1 aromatic heterocycles. The molecule has 0 saturated carbocycles. The number of aromatic hydroxyl groups is 1. The Morgan fingerprint density at radius 2 is 1.75 bits per heavy atom. The van der Waals surface area contributed by atoms with Crippen LogP contribution >= 0.6 is 0 Å². The molecule has 0 bridgehead atoms. The van der Waals surface area contributed by atoms with Gasteiger partial charge in [-0.2, -0.15) is 13.2 Å². The van der Waals surface area contributed by atoms with Crippen molar-refractivity contribution in [3.63, 3.8) is 0 Å². The molecule has 1 N–H and O–H groups in total. The van der Waals surface area contributed by atoms with Crippen LogP contribution in [0, 0.1) is 0 Å². The van der Waals surface area contributed by atoms with E-state index in [1.165, 1.54) is 24.5 Å². The molecule has 3 rings (SSSR count). The average Bonchev–Trinajstić information content (AvgIpc) is 2.84.